The van der Waals surface area contributed by atoms with Crippen LogP contribution in [0, 0.1) is 0 Å². The Morgan fingerprint density at radius 2 is 1.84 bits per heavy atom. The standard InChI is InChI=1S/C21H21F3N2O5S/c1-30-16-5-7-17(8-6-16)32(28,29)25-11-18-19(12-25)31-13-20(27)26(18)10-14-3-2-4-15(9-14)21(22,23)24/h2-9,18-19H,10-13H2,1H3/t18-,19+/m1/s1. The quantitative estimate of drug-likeness (QED) is 0.671. The maximum atomic E-state index is 13.1. The van der Waals surface area contributed by atoms with Gasteiger partial charge in [-0.15, -0.1) is 0 Å². The van der Waals surface area contributed by atoms with E-state index in [4.69, 9.17) is 9.47 Å². The van der Waals surface area contributed by atoms with Crippen LogP contribution in [-0.4, -0.2) is 62.5 Å². The van der Waals surface area contributed by atoms with Crippen molar-refractivity contribution in [2.24, 2.45) is 0 Å². The molecule has 7 nitrogen and oxygen atoms in total. The molecular weight excluding hydrogens is 449 g/mol. The van der Waals surface area contributed by atoms with Crippen LogP contribution in [0.1, 0.15) is 11.1 Å². The van der Waals surface area contributed by atoms with E-state index in [1.54, 1.807) is 0 Å². The van der Waals surface area contributed by atoms with Gasteiger partial charge >= 0.3 is 6.18 Å². The number of hydrogen-bond acceptors (Lipinski definition) is 5. The number of rotatable bonds is 5. The number of amides is 1. The van der Waals surface area contributed by atoms with Crippen molar-refractivity contribution >= 4 is 15.9 Å². The van der Waals surface area contributed by atoms with Gasteiger partial charge in [0.25, 0.3) is 0 Å². The molecule has 0 radical (unpaired) electrons. The van der Waals surface area contributed by atoms with E-state index in [2.05, 4.69) is 0 Å². The lowest BCUT2D eigenvalue weighted by atomic mass is 10.1. The van der Waals surface area contributed by atoms with Gasteiger partial charge in [0.1, 0.15) is 12.4 Å². The van der Waals surface area contributed by atoms with Crippen molar-refractivity contribution in [2.45, 2.75) is 29.8 Å². The molecule has 172 valence electrons. The fourth-order valence-corrected chi connectivity index (χ4v) is 5.44. The number of morpholine rings is 1. The third-order valence-corrected chi connectivity index (χ3v) is 7.50. The van der Waals surface area contributed by atoms with Crippen LogP contribution in [0.2, 0.25) is 0 Å². The van der Waals surface area contributed by atoms with Gasteiger partial charge in [-0.25, -0.2) is 8.42 Å². The molecule has 0 saturated carbocycles. The summed E-state index contributed by atoms with van der Waals surface area (Å²) in [5, 5.41) is 0. The lowest BCUT2D eigenvalue weighted by molar-refractivity contribution is -0.153. The van der Waals surface area contributed by atoms with E-state index >= 15 is 0 Å². The molecule has 0 aliphatic carbocycles. The minimum atomic E-state index is -4.50. The van der Waals surface area contributed by atoms with E-state index in [-0.39, 0.29) is 31.1 Å². The summed E-state index contributed by atoms with van der Waals surface area (Å²) in [7, 11) is -2.38. The number of nitrogens with zero attached hydrogens (tertiary/aromatic N) is 2. The van der Waals surface area contributed by atoms with Crippen LogP contribution in [-0.2, 0) is 32.3 Å². The van der Waals surface area contributed by atoms with Gasteiger partial charge in [0.2, 0.25) is 15.9 Å². The summed E-state index contributed by atoms with van der Waals surface area (Å²) in [6, 6.07) is 10.1. The monoisotopic (exact) mass is 470 g/mol. The molecule has 2 fully saturated rings. The van der Waals surface area contributed by atoms with Crippen LogP contribution in [0.5, 0.6) is 5.75 Å². The normalized spacial score (nSPS) is 22.1. The van der Waals surface area contributed by atoms with Gasteiger partial charge in [0, 0.05) is 19.6 Å². The molecule has 32 heavy (non-hydrogen) atoms. The summed E-state index contributed by atoms with van der Waals surface area (Å²) in [6.45, 7) is -0.282. The first-order valence-corrected chi connectivity index (χ1v) is 11.2. The van der Waals surface area contributed by atoms with Crippen LogP contribution in [0.15, 0.2) is 53.4 Å². The minimum absolute atomic E-state index is 0.0102. The smallest absolute Gasteiger partial charge is 0.416 e. The summed E-state index contributed by atoms with van der Waals surface area (Å²) in [5.41, 5.74) is -0.493. The molecule has 0 bridgehead atoms. The van der Waals surface area contributed by atoms with Gasteiger partial charge in [-0.1, -0.05) is 12.1 Å². The molecule has 2 aliphatic heterocycles. The maximum Gasteiger partial charge on any atom is 0.416 e. The molecule has 11 heteroatoms. The molecule has 0 unspecified atom stereocenters. The maximum absolute atomic E-state index is 13.1. The van der Waals surface area contributed by atoms with E-state index < -0.39 is 39.8 Å². The number of fused-ring (bicyclic) bond motifs is 1. The predicted molar refractivity (Wildman–Crippen MR) is 107 cm³/mol. The number of methoxy groups -OCH3 is 1. The zero-order valence-electron chi connectivity index (χ0n) is 17.1. The second-order valence-corrected chi connectivity index (χ2v) is 9.57. The molecule has 2 atom stereocenters. The average Bonchev–Trinajstić information content (AvgIpc) is 3.21. The van der Waals surface area contributed by atoms with Gasteiger partial charge in [-0.3, -0.25) is 4.79 Å². The lowest BCUT2D eigenvalue weighted by Crippen LogP contribution is -2.53. The molecule has 1 amide bonds. The number of alkyl halides is 3. The van der Waals surface area contributed by atoms with E-state index in [9.17, 15) is 26.4 Å². The third kappa shape index (κ3) is 4.32. The number of sulfonamides is 1. The van der Waals surface area contributed by atoms with Crippen LogP contribution < -0.4 is 4.74 Å². The first-order chi connectivity index (χ1) is 15.1. The topological polar surface area (TPSA) is 76.1 Å². The zero-order valence-corrected chi connectivity index (χ0v) is 17.9. The molecule has 2 aliphatic rings. The number of benzene rings is 2. The summed E-state index contributed by atoms with van der Waals surface area (Å²) in [6.07, 6.45) is -5.06. The van der Waals surface area contributed by atoms with Gasteiger partial charge in [0.15, 0.2) is 0 Å². The van der Waals surface area contributed by atoms with Gasteiger partial charge in [-0.05, 0) is 42.0 Å². The van der Waals surface area contributed by atoms with E-state index in [0.29, 0.717) is 11.3 Å². The number of halogens is 3. The zero-order chi connectivity index (χ0) is 23.1. The van der Waals surface area contributed by atoms with Crippen molar-refractivity contribution in [3.05, 3.63) is 59.7 Å². The number of ether oxygens (including phenoxy) is 2. The van der Waals surface area contributed by atoms with Gasteiger partial charge in [0.05, 0.1) is 29.7 Å². The van der Waals surface area contributed by atoms with Crippen LogP contribution in [0.4, 0.5) is 13.2 Å². The van der Waals surface area contributed by atoms with E-state index in [1.165, 1.54) is 52.7 Å². The summed E-state index contributed by atoms with van der Waals surface area (Å²) in [5.74, 6) is 0.118. The molecule has 2 heterocycles. The number of carbonyl (C=O) groups is 1. The highest BCUT2D eigenvalue weighted by atomic mass is 32.2. The predicted octanol–water partition coefficient (Wildman–Crippen LogP) is 2.51. The Bertz CT molecular complexity index is 1110. The number of carbonyl (C=O) groups excluding carboxylic acids is 1. The third-order valence-electron chi connectivity index (χ3n) is 5.65. The number of hydrogen-bond donors (Lipinski definition) is 0. The summed E-state index contributed by atoms with van der Waals surface area (Å²) in [4.78, 5) is 14.0. The van der Waals surface area contributed by atoms with Crippen LogP contribution >= 0.6 is 0 Å². The van der Waals surface area contributed by atoms with Crippen molar-refractivity contribution in [1.82, 2.24) is 9.21 Å². The largest absolute Gasteiger partial charge is 0.497 e. The second kappa shape index (κ2) is 8.38. The Morgan fingerprint density at radius 1 is 1.12 bits per heavy atom. The van der Waals surface area contributed by atoms with Gasteiger partial charge < -0.3 is 14.4 Å². The van der Waals surface area contributed by atoms with Crippen molar-refractivity contribution in [2.75, 3.05) is 26.8 Å². The molecular formula is C21H21F3N2O5S. The Labute approximate surface area is 183 Å². The first-order valence-electron chi connectivity index (χ1n) is 9.81. The SMILES string of the molecule is COc1ccc(S(=O)(=O)N2C[C@@H]3OCC(=O)N(Cc4cccc(C(F)(F)F)c4)[C@@H]3C2)cc1. The van der Waals surface area contributed by atoms with E-state index in [0.717, 1.165) is 12.1 Å². The Hall–Kier alpha value is -2.63. The molecule has 4 rings (SSSR count). The summed E-state index contributed by atoms with van der Waals surface area (Å²) >= 11 is 0. The highest BCUT2D eigenvalue weighted by molar-refractivity contribution is 7.89. The molecule has 2 aromatic rings. The van der Waals surface area contributed by atoms with Crippen molar-refractivity contribution in [1.29, 1.82) is 0 Å². The Kier molecular flexibility index (Phi) is 5.91. The molecule has 0 spiro atoms. The van der Waals surface area contributed by atoms with Crippen LogP contribution in [0.25, 0.3) is 0 Å². The average molecular weight is 470 g/mol. The lowest BCUT2D eigenvalue weighted by Gasteiger charge is -2.36. The highest BCUT2D eigenvalue weighted by Crippen LogP contribution is 2.32. The molecule has 2 saturated heterocycles. The van der Waals surface area contributed by atoms with Crippen molar-refractivity contribution < 1.29 is 35.9 Å². The Balaban J connectivity index is 1.55. The van der Waals surface area contributed by atoms with E-state index in [1.807, 2.05) is 0 Å². The molecule has 0 aromatic heterocycles. The second-order valence-electron chi connectivity index (χ2n) is 7.63. The van der Waals surface area contributed by atoms with Crippen molar-refractivity contribution in [3.8, 4) is 5.75 Å². The Morgan fingerprint density at radius 3 is 2.50 bits per heavy atom. The van der Waals surface area contributed by atoms with Gasteiger partial charge in [-0.2, -0.15) is 17.5 Å². The fourth-order valence-electron chi connectivity index (χ4n) is 3.97. The first kappa shape index (κ1) is 22.6. The molecule has 2 aromatic carbocycles. The van der Waals surface area contributed by atoms with Crippen molar-refractivity contribution in [3.63, 3.8) is 0 Å². The summed E-state index contributed by atoms with van der Waals surface area (Å²) < 4.78 is 77.2. The highest BCUT2D eigenvalue weighted by Gasteiger charge is 2.47. The van der Waals surface area contributed by atoms with Crippen LogP contribution in [0.3, 0.4) is 0 Å². The fraction of sp³-hybridized carbons (Fsp3) is 0.381. The minimum Gasteiger partial charge on any atom is -0.497 e. The molecule has 0 N–H and O–H groups in total.